The lowest BCUT2D eigenvalue weighted by atomic mass is 9.90. The van der Waals surface area contributed by atoms with Gasteiger partial charge in [-0.1, -0.05) is 46.3 Å². The maximum Gasteiger partial charge on any atom is 0.182 e. The summed E-state index contributed by atoms with van der Waals surface area (Å²) < 4.78 is 5.52. The molecule has 1 aromatic heterocycles. The molecule has 0 radical (unpaired) electrons. The molecule has 0 spiro atoms. The second-order valence-corrected chi connectivity index (χ2v) is 10.1. The van der Waals surface area contributed by atoms with E-state index in [1.54, 1.807) is 23.5 Å². The molecule has 4 rings (SSSR count). The van der Waals surface area contributed by atoms with Crippen molar-refractivity contribution in [3.63, 3.8) is 0 Å². The van der Waals surface area contributed by atoms with Crippen molar-refractivity contribution < 1.29 is 4.74 Å². The van der Waals surface area contributed by atoms with Gasteiger partial charge in [0.25, 0.3) is 0 Å². The molecule has 0 bridgehead atoms. The Morgan fingerprint density at radius 3 is 2.55 bits per heavy atom. The molecule has 2 aromatic carbocycles. The molecular formula is C25H23ClN8O2S2. The van der Waals surface area contributed by atoms with Gasteiger partial charge in [-0.2, -0.15) is 4.91 Å². The van der Waals surface area contributed by atoms with E-state index in [0.29, 0.717) is 33.2 Å². The van der Waals surface area contributed by atoms with Crippen LogP contribution in [0.4, 0.5) is 0 Å². The highest BCUT2D eigenvalue weighted by Crippen LogP contribution is 2.39. The number of nitrogens with one attached hydrogen (secondary N) is 1. The molecule has 0 saturated heterocycles. The minimum atomic E-state index is -0.470. The summed E-state index contributed by atoms with van der Waals surface area (Å²) in [6, 6.07) is 14.8. The predicted octanol–water partition coefficient (Wildman–Crippen LogP) is 5.85. The van der Waals surface area contributed by atoms with Crippen LogP contribution in [0.5, 0.6) is 5.75 Å². The molecule has 0 fully saturated rings. The summed E-state index contributed by atoms with van der Waals surface area (Å²) >= 11 is 9.05. The van der Waals surface area contributed by atoms with Crippen molar-refractivity contribution in [2.75, 3.05) is 13.2 Å². The first kappa shape index (κ1) is 27.2. The highest BCUT2D eigenvalue weighted by atomic mass is 35.5. The number of hydrogen-bond donors (Lipinski definition) is 3. The number of nitroso groups, excluding NO2 is 1. The number of amidine groups is 1. The van der Waals surface area contributed by atoms with E-state index in [9.17, 15) is 4.91 Å². The monoisotopic (exact) mass is 566 g/mol. The van der Waals surface area contributed by atoms with E-state index >= 15 is 0 Å². The number of thiazole rings is 1. The lowest BCUT2D eigenvalue weighted by Gasteiger charge is -2.25. The molecule has 194 valence electrons. The van der Waals surface area contributed by atoms with Crippen LogP contribution in [0, 0.1) is 10.3 Å². The van der Waals surface area contributed by atoms with Crippen LogP contribution >= 0.6 is 34.7 Å². The molecule has 3 aromatic rings. The third-order valence-corrected chi connectivity index (χ3v) is 7.74. The van der Waals surface area contributed by atoms with Crippen LogP contribution in [0.1, 0.15) is 11.3 Å². The van der Waals surface area contributed by atoms with Gasteiger partial charge in [0.05, 0.1) is 5.69 Å². The van der Waals surface area contributed by atoms with Crippen molar-refractivity contribution >= 4 is 52.3 Å². The normalized spacial score (nSPS) is 16.6. The van der Waals surface area contributed by atoms with Gasteiger partial charge in [-0.05, 0) is 29.8 Å². The van der Waals surface area contributed by atoms with Crippen LogP contribution in [0.3, 0.4) is 0 Å². The quantitative estimate of drug-likeness (QED) is 0.0695. The van der Waals surface area contributed by atoms with Gasteiger partial charge in [-0.15, -0.1) is 28.2 Å². The molecule has 38 heavy (non-hydrogen) atoms. The highest BCUT2D eigenvalue weighted by Gasteiger charge is 2.29. The summed E-state index contributed by atoms with van der Waals surface area (Å²) in [6.45, 7) is 0.252. The van der Waals surface area contributed by atoms with Crippen LogP contribution in [0.15, 0.2) is 91.8 Å². The topological polar surface area (TPSA) is 165 Å². The van der Waals surface area contributed by atoms with Crippen molar-refractivity contribution in [1.82, 2.24) is 4.98 Å². The van der Waals surface area contributed by atoms with Crippen LogP contribution in [0.25, 0.3) is 16.1 Å². The molecule has 0 amide bonds. The minimum Gasteiger partial charge on any atom is -0.492 e. The Morgan fingerprint density at radius 1 is 1.16 bits per heavy atom. The van der Waals surface area contributed by atoms with Gasteiger partial charge in [0.15, 0.2) is 5.84 Å². The molecule has 5 N–H and O–H groups in total. The first-order valence-corrected chi connectivity index (χ1v) is 13.6. The molecule has 1 atom stereocenters. The van der Waals surface area contributed by atoms with Gasteiger partial charge < -0.3 is 21.7 Å². The smallest absolute Gasteiger partial charge is 0.182 e. The van der Waals surface area contributed by atoms with Crippen LogP contribution in [-0.2, 0) is 5.75 Å². The van der Waals surface area contributed by atoms with Gasteiger partial charge in [0.2, 0.25) is 0 Å². The summed E-state index contributed by atoms with van der Waals surface area (Å²) in [7, 11) is 0. The summed E-state index contributed by atoms with van der Waals surface area (Å²) in [5.74, 6) is 6.77. The fourth-order valence-electron chi connectivity index (χ4n) is 3.71. The van der Waals surface area contributed by atoms with E-state index in [1.165, 1.54) is 24.2 Å². The zero-order valence-corrected chi connectivity index (χ0v) is 22.3. The fourth-order valence-corrected chi connectivity index (χ4v) is 5.78. The number of aromatic nitrogens is 1. The third-order valence-electron chi connectivity index (χ3n) is 5.41. The standard InChI is InChI=1S/C25H23ClN8O2S2/c26-17-5-1-16(2-6-17)24-31-18(13-37-24)14-38-25-21(12-28)22(20(11-27)23(32-25)33-34-29)15-3-7-19(8-4-15)36-10-9-30-35/h1-8,11-13,25,28H,9-10,14,27H2,(H2,29,32,33). The molecule has 0 aliphatic carbocycles. The van der Waals surface area contributed by atoms with Gasteiger partial charge in [0.1, 0.15) is 29.3 Å². The van der Waals surface area contributed by atoms with E-state index < -0.39 is 5.37 Å². The average molecular weight is 567 g/mol. The maximum absolute atomic E-state index is 10.3. The summed E-state index contributed by atoms with van der Waals surface area (Å²) in [4.78, 5) is 19.7. The number of nitrogens with zero attached hydrogens (tertiary/aromatic N) is 5. The van der Waals surface area contributed by atoms with Crippen molar-refractivity contribution in [1.29, 1.82) is 5.41 Å². The minimum absolute atomic E-state index is 0.0634. The zero-order chi connectivity index (χ0) is 26.9. The number of halogens is 1. The third kappa shape index (κ3) is 6.33. The van der Waals surface area contributed by atoms with Crippen molar-refractivity contribution in [3.8, 4) is 16.3 Å². The van der Waals surface area contributed by atoms with Crippen LogP contribution < -0.4 is 16.3 Å². The number of rotatable bonds is 10. The molecule has 2 heterocycles. The van der Waals surface area contributed by atoms with Crippen LogP contribution in [-0.4, -0.2) is 35.6 Å². The lowest BCUT2D eigenvalue weighted by molar-refractivity contribution is 0.328. The zero-order valence-electron chi connectivity index (χ0n) is 20.0. The van der Waals surface area contributed by atoms with E-state index in [4.69, 9.17) is 38.3 Å². The summed E-state index contributed by atoms with van der Waals surface area (Å²) in [5.41, 5.74) is 10.5. The predicted molar refractivity (Wildman–Crippen MR) is 155 cm³/mol. The number of benzene rings is 2. The van der Waals surface area contributed by atoms with Gasteiger partial charge in [-0.3, -0.25) is 0 Å². The highest BCUT2D eigenvalue weighted by molar-refractivity contribution is 7.99. The van der Waals surface area contributed by atoms with Crippen molar-refractivity contribution in [3.05, 3.63) is 92.4 Å². The first-order chi connectivity index (χ1) is 18.6. The Labute approximate surface area is 232 Å². The Kier molecular flexibility index (Phi) is 9.35. The van der Waals surface area contributed by atoms with Crippen molar-refractivity contribution in [2.45, 2.75) is 11.1 Å². The number of dihydropyridines is 1. The second kappa shape index (κ2) is 13.1. The molecular weight excluding hydrogens is 544 g/mol. The molecule has 0 saturated carbocycles. The maximum atomic E-state index is 10.3. The number of thioether (sulfide) groups is 1. The average Bonchev–Trinajstić information content (AvgIpc) is 3.41. The van der Waals surface area contributed by atoms with Gasteiger partial charge in [-0.25, -0.2) is 9.98 Å². The Morgan fingerprint density at radius 2 is 1.89 bits per heavy atom. The van der Waals surface area contributed by atoms with Gasteiger partial charge in [0, 0.05) is 50.9 Å². The van der Waals surface area contributed by atoms with E-state index in [2.05, 4.69) is 20.5 Å². The summed E-state index contributed by atoms with van der Waals surface area (Å²) in [5, 5.41) is 21.5. The van der Waals surface area contributed by atoms with E-state index in [1.807, 2.05) is 41.8 Å². The number of aliphatic imine (C=N–C) groups is 1. The van der Waals surface area contributed by atoms with Gasteiger partial charge >= 0.3 is 0 Å². The second-order valence-electron chi connectivity index (χ2n) is 7.76. The molecule has 10 nitrogen and oxygen atoms in total. The van der Waals surface area contributed by atoms with Crippen LogP contribution in [0.2, 0.25) is 5.02 Å². The molecule has 1 aliphatic heterocycles. The van der Waals surface area contributed by atoms with Crippen molar-refractivity contribution in [2.24, 2.45) is 32.1 Å². The molecule has 13 heteroatoms. The fraction of sp³-hybridized carbons (Fsp3) is 0.160. The van der Waals surface area contributed by atoms with E-state index in [0.717, 1.165) is 21.8 Å². The number of hydrogen-bond acceptors (Lipinski definition) is 11. The lowest BCUT2D eigenvalue weighted by Crippen LogP contribution is -2.21. The number of ether oxygens (including phenoxy) is 1. The summed E-state index contributed by atoms with van der Waals surface area (Å²) in [6.07, 6.45) is 2.66. The Balaban J connectivity index is 1.61. The molecule has 1 unspecified atom stereocenters. The Hall–Kier alpha value is -3.87. The number of nitrogens with two attached hydrogens (primary N) is 2. The Bertz CT molecular complexity index is 1420. The largest absolute Gasteiger partial charge is 0.492 e. The first-order valence-electron chi connectivity index (χ1n) is 11.3. The molecule has 1 aliphatic rings. The van der Waals surface area contributed by atoms with E-state index in [-0.39, 0.29) is 19.0 Å². The SMILES string of the molecule is N=CC1=C(c2ccc(OCCN=O)cc2)C(=CN)C(N=NN)=NC1SCc1csc(-c2ccc(Cl)cc2)n1.